The number of aliphatic hydroxyl groups is 2. The molecule has 194 valence electrons. The number of aryl methyl sites for hydroxylation is 2. The van der Waals surface area contributed by atoms with E-state index < -0.39 is 6.10 Å². The zero-order valence-corrected chi connectivity index (χ0v) is 21.5. The van der Waals surface area contributed by atoms with E-state index in [0.29, 0.717) is 11.8 Å². The number of aliphatic hydroxyl groups excluding tert-OH is 2. The first-order valence-corrected chi connectivity index (χ1v) is 12.4. The van der Waals surface area contributed by atoms with Crippen molar-refractivity contribution < 1.29 is 14.6 Å². The minimum absolute atomic E-state index is 0.0162. The van der Waals surface area contributed by atoms with Gasteiger partial charge in [0.25, 0.3) is 0 Å². The number of anilines is 2. The van der Waals surface area contributed by atoms with Gasteiger partial charge in [-0.25, -0.2) is 19.9 Å². The molecule has 3 heterocycles. The largest absolute Gasteiger partial charge is 0.464 e. The number of nitrogens with one attached hydrogen (secondary N) is 2. The molecule has 0 aliphatic carbocycles. The van der Waals surface area contributed by atoms with Crippen molar-refractivity contribution in [1.82, 2.24) is 19.9 Å². The maximum Gasteiger partial charge on any atom is 0.222 e. The topological polar surface area (TPSA) is 129 Å². The predicted molar refractivity (Wildman–Crippen MR) is 148 cm³/mol. The number of fused-ring (bicyclic) bond motifs is 1. The molecule has 0 amide bonds. The monoisotopic (exact) mass is 510 g/mol. The van der Waals surface area contributed by atoms with E-state index in [1.807, 2.05) is 44.2 Å². The molecule has 5 rings (SSSR count). The summed E-state index contributed by atoms with van der Waals surface area (Å²) in [7, 11) is 0. The van der Waals surface area contributed by atoms with Crippen LogP contribution in [0.3, 0.4) is 0 Å². The molecule has 0 bridgehead atoms. The Labute approximate surface area is 220 Å². The fraction of sp³-hybridized carbons (Fsp3) is 0.241. The first kappa shape index (κ1) is 25.3. The van der Waals surface area contributed by atoms with Gasteiger partial charge in [-0.05, 0) is 61.7 Å². The molecule has 0 aliphatic heterocycles. The van der Waals surface area contributed by atoms with Gasteiger partial charge < -0.3 is 25.3 Å². The Morgan fingerprint density at radius 2 is 1.76 bits per heavy atom. The maximum atomic E-state index is 9.48. The van der Waals surface area contributed by atoms with Crippen molar-refractivity contribution in [2.45, 2.75) is 32.9 Å². The van der Waals surface area contributed by atoms with Crippen molar-refractivity contribution in [3.05, 3.63) is 84.1 Å². The molecule has 2 aromatic carbocycles. The summed E-state index contributed by atoms with van der Waals surface area (Å²) < 4.78 is 5.59. The van der Waals surface area contributed by atoms with Gasteiger partial charge in [0, 0.05) is 47.6 Å². The lowest BCUT2D eigenvalue weighted by Crippen LogP contribution is -2.23. The van der Waals surface area contributed by atoms with Crippen molar-refractivity contribution in [3.63, 3.8) is 0 Å². The number of rotatable bonds is 9. The predicted octanol–water partition coefficient (Wildman–Crippen LogP) is 4.90. The molecule has 9 nitrogen and oxygen atoms in total. The van der Waals surface area contributed by atoms with E-state index in [1.165, 1.54) is 0 Å². The van der Waals surface area contributed by atoms with Crippen molar-refractivity contribution in [1.29, 1.82) is 0 Å². The molecule has 38 heavy (non-hydrogen) atoms. The van der Waals surface area contributed by atoms with Gasteiger partial charge in [0.05, 0.1) is 24.7 Å². The first-order chi connectivity index (χ1) is 18.4. The van der Waals surface area contributed by atoms with Crippen molar-refractivity contribution >= 4 is 22.7 Å². The maximum absolute atomic E-state index is 9.48. The summed E-state index contributed by atoms with van der Waals surface area (Å²) in [5, 5.41) is 25.9. The quantitative estimate of drug-likeness (QED) is 0.219. The Bertz CT molecular complexity index is 1550. The minimum atomic E-state index is -0.858. The van der Waals surface area contributed by atoms with Gasteiger partial charge in [0.1, 0.15) is 17.2 Å². The summed E-state index contributed by atoms with van der Waals surface area (Å²) in [5.74, 6) is 1.83. The van der Waals surface area contributed by atoms with E-state index in [-0.39, 0.29) is 19.2 Å². The van der Waals surface area contributed by atoms with Gasteiger partial charge in [-0.2, -0.15) is 0 Å². The molecule has 0 radical (unpaired) electrons. The SMILES string of the molecule is Cc1nc(N[C@@H](C)c2cccc(-c3cnc(NCC(O)CO)nc3)c2)cc(-c2ccc3occ(C)c3c2)n1. The fourth-order valence-corrected chi connectivity index (χ4v) is 4.24. The van der Waals surface area contributed by atoms with Crippen molar-refractivity contribution in [3.8, 4) is 22.4 Å². The summed E-state index contributed by atoms with van der Waals surface area (Å²) in [4.78, 5) is 17.9. The van der Waals surface area contributed by atoms with E-state index >= 15 is 0 Å². The summed E-state index contributed by atoms with van der Waals surface area (Å²) in [5.41, 5.74) is 6.76. The Balaban J connectivity index is 1.33. The first-order valence-electron chi connectivity index (χ1n) is 12.4. The molecule has 0 fully saturated rings. The van der Waals surface area contributed by atoms with Crippen LogP contribution in [0.25, 0.3) is 33.4 Å². The molecule has 5 aromatic rings. The van der Waals surface area contributed by atoms with Crippen LogP contribution < -0.4 is 10.6 Å². The second-order valence-electron chi connectivity index (χ2n) is 9.32. The summed E-state index contributed by atoms with van der Waals surface area (Å²) in [6, 6.07) is 16.2. The van der Waals surface area contributed by atoms with Gasteiger partial charge in [-0.1, -0.05) is 18.2 Å². The molecule has 0 saturated carbocycles. The lowest BCUT2D eigenvalue weighted by molar-refractivity contribution is 0.105. The third-order valence-electron chi connectivity index (χ3n) is 6.34. The number of aromatic nitrogens is 4. The van der Waals surface area contributed by atoms with Crippen LogP contribution in [0.4, 0.5) is 11.8 Å². The van der Waals surface area contributed by atoms with Gasteiger partial charge in [0.15, 0.2) is 0 Å². The van der Waals surface area contributed by atoms with Crippen LogP contribution >= 0.6 is 0 Å². The third-order valence-corrected chi connectivity index (χ3v) is 6.34. The summed E-state index contributed by atoms with van der Waals surface area (Å²) in [6.07, 6.45) is 4.38. The highest BCUT2D eigenvalue weighted by molar-refractivity contribution is 5.85. The van der Waals surface area contributed by atoms with Gasteiger partial charge in [-0.15, -0.1) is 0 Å². The summed E-state index contributed by atoms with van der Waals surface area (Å²) >= 11 is 0. The molecule has 3 aromatic heterocycles. The van der Waals surface area contributed by atoms with E-state index in [9.17, 15) is 5.11 Å². The Morgan fingerprint density at radius 3 is 2.55 bits per heavy atom. The van der Waals surface area contributed by atoms with Crippen molar-refractivity contribution in [2.75, 3.05) is 23.8 Å². The standard InChI is InChI=1S/C29H30N6O3/c1-17-16-38-27-8-7-22(10-25(17)27)26-11-28(35-19(3)34-26)33-18(2)20-5-4-6-21(9-20)23-12-30-29(31-13-23)32-14-24(37)15-36/h4-13,16,18,24,36-37H,14-15H2,1-3H3,(H,30,31,32)(H,33,34,35)/t18-,24?/m0/s1. The molecule has 2 atom stereocenters. The normalized spacial score (nSPS) is 12.9. The molecule has 0 aliphatic rings. The zero-order chi connectivity index (χ0) is 26.6. The number of benzene rings is 2. The lowest BCUT2D eigenvalue weighted by atomic mass is 10.0. The van der Waals surface area contributed by atoms with Gasteiger partial charge >= 0.3 is 0 Å². The molecule has 1 unspecified atom stereocenters. The van der Waals surface area contributed by atoms with Crippen LogP contribution in [-0.4, -0.2) is 49.4 Å². The second-order valence-corrected chi connectivity index (χ2v) is 9.32. The third kappa shape index (κ3) is 5.64. The van der Waals surface area contributed by atoms with Crippen LogP contribution in [0.2, 0.25) is 0 Å². The van der Waals surface area contributed by atoms with E-state index in [4.69, 9.17) is 9.52 Å². The molecule has 4 N–H and O–H groups in total. The molecule has 9 heteroatoms. The van der Waals surface area contributed by atoms with E-state index in [1.54, 1.807) is 18.7 Å². The second kappa shape index (κ2) is 11.0. The van der Waals surface area contributed by atoms with E-state index in [0.717, 1.165) is 50.3 Å². The summed E-state index contributed by atoms with van der Waals surface area (Å²) in [6.45, 7) is 5.88. The number of furan rings is 1. The number of nitrogens with zero attached hydrogens (tertiary/aromatic N) is 4. The van der Waals surface area contributed by atoms with Crippen LogP contribution in [0.1, 0.15) is 29.9 Å². The number of hydrogen-bond acceptors (Lipinski definition) is 9. The van der Waals surface area contributed by atoms with Crippen LogP contribution in [0.15, 0.2) is 71.6 Å². The Morgan fingerprint density at radius 1 is 0.947 bits per heavy atom. The minimum Gasteiger partial charge on any atom is -0.464 e. The highest BCUT2D eigenvalue weighted by atomic mass is 16.3. The molecule has 0 spiro atoms. The molecule has 0 saturated heterocycles. The van der Waals surface area contributed by atoms with Crippen LogP contribution in [0, 0.1) is 13.8 Å². The van der Waals surface area contributed by atoms with Crippen LogP contribution in [0.5, 0.6) is 0 Å². The number of hydrogen-bond donors (Lipinski definition) is 4. The molecular formula is C29H30N6O3. The Hall–Kier alpha value is -4.34. The lowest BCUT2D eigenvalue weighted by Gasteiger charge is -2.17. The van der Waals surface area contributed by atoms with Gasteiger partial charge in [-0.3, -0.25) is 0 Å². The fourth-order valence-electron chi connectivity index (χ4n) is 4.24. The highest BCUT2D eigenvalue weighted by Crippen LogP contribution is 2.29. The Kier molecular flexibility index (Phi) is 7.30. The zero-order valence-electron chi connectivity index (χ0n) is 21.5. The van der Waals surface area contributed by atoms with Crippen molar-refractivity contribution in [2.24, 2.45) is 0 Å². The van der Waals surface area contributed by atoms with Crippen LogP contribution in [-0.2, 0) is 0 Å². The molecular weight excluding hydrogens is 480 g/mol. The van der Waals surface area contributed by atoms with E-state index in [2.05, 4.69) is 55.7 Å². The average Bonchev–Trinajstić information content (AvgIpc) is 3.31. The van der Waals surface area contributed by atoms with Gasteiger partial charge in [0.2, 0.25) is 5.95 Å². The highest BCUT2D eigenvalue weighted by Gasteiger charge is 2.12. The average molecular weight is 511 g/mol. The smallest absolute Gasteiger partial charge is 0.222 e.